The Hall–Kier alpha value is -2.42. The van der Waals surface area contributed by atoms with Crippen molar-refractivity contribution in [3.05, 3.63) is 59.4 Å². The molecule has 1 aliphatic heterocycles. The summed E-state index contributed by atoms with van der Waals surface area (Å²) in [5.41, 5.74) is 3.14. The predicted octanol–water partition coefficient (Wildman–Crippen LogP) is 4.20. The molecule has 0 aliphatic carbocycles. The minimum Gasteiger partial charge on any atom is -0.492 e. The third kappa shape index (κ3) is 5.68. The molecular weight excluding hydrogens is 427 g/mol. The molecule has 0 N–H and O–H groups in total. The molecule has 0 amide bonds. The van der Waals surface area contributed by atoms with E-state index >= 15 is 0 Å². The molecule has 0 bridgehead atoms. The van der Waals surface area contributed by atoms with E-state index in [4.69, 9.17) is 9.47 Å². The van der Waals surface area contributed by atoms with Crippen molar-refractivity contribution in [2.75, 3.05) is 45.2 Å². The lowest BCUT2D eigenvalue weighted by atomic mass is 10.1. The van der Waals surface area contributed by atoms with Gasteiger partial charge in [0.1, 0.15) is 11.6 Å². The Bertz CT molecular complexity index is 999. The van der Waals surface area contributed by atoms with E-state index in [2.05, 4.69) is 45.6 Å². The van der Waals surface area contributed by atoms with Gasteiger partial charge in [-0.2, -0.15) is 0 Å². The Morgan fingerprint density at radius 2 is 1.72 bits per heavy atom. The molecule has 0 radical (unpaired) electrons. The molecule has 32 heavy (non-hydrogen) atoms. The van der Waals surface area contributed by atoms with Gasteiger partial charge in [-0.1, -0.05) is 30.0 Å². The maximum Gasteiger partial charge on any atom is 0.191 e. The Kier molecular flexibility index (Phi) is 7.78. The number of thioether (sulfide) groups is 1. The van der Waals surface area contributed by atoms with Gasteiger partial charge in [0.15, 0.2) is 11.0 Å². The van der Waals surface area contributed by atoms with E-state index < -0.39 is 0 Å². The molecule has 0 spiro atoms. The van der Waals surface area contributed by atoms with E-state index in [-0.39, 0.29) is 5.82 Å². The van der Waals surface area contributed by atoms with E-state index in [1.165, 1.54) is 12.1 Å². The summed E-state index contributed by atoms with van der Waals surface area (Å²) in [5.74, 6) is 2.21. The highest BCUT2D eigenvalue weighted by molar-refractivity contribution is 7.99. The number of halogens is 1. The molecule has 1 fully saturated rings. The Morgan fingerprint density at radius 3 is 2.44 bits per heavy atom. The van der Waals surface area contributed by atoms with Gasteiger partial charge >= 0.3 is 0 Å². The quantitative estimate of drug-likeness (QED) is 0.355. The highest BCUT2D eigenvalue weighted by Crippen LogP contribution is 2.26. The van der Waals surface area contributed by atoms with Crippen molar-refractivity contribution in [3.63, 3.8) is 0 Å². The molecule has 3 aromatic rings. The van der Waals surface area contributed by atoms with Crippen LogP contribution in [0.1, 0.15) is 11.1 Å². The zero-order valence-corrected chi connectivity index (χ0v) is 19.4. The van der Waals surface area contributed by atoms with Crippen LogP contribution in [0, 0.1) is 19.7 Å². The standard InChI is InChI=1S/C24H29FN4O2S/c1-18-4-3-5-19(2)22(18)31-16-17-32-24-27-26-23(20-6-8-21(25)9-7-20)29(24)11-10-28-12-14-30-15-13-28/h3-9H,10-17H2,1-2H3. The van der Waals surface area contributed by atoms with Crippen LogP contribution in [0.5, 0.6) is 5.75 Å². The van der Waals surface area contributed by atoms with Crippen molar-refractivity contribution < 1.29 is 13.9 Å². The van der Waals surface area contributed by atoms with Crippen molar-refractivity contribution in [2.45, 2.75) is 25.5 Å². The normalized spacial score (nSPS) is 14.6. The summed E-state index contributed by atoms with van der Waals surface area (Å²) in [5, 5.41) is 9.72. The number of morpholine rings is 1. The van der Waals surface area contributed by atoms with Crippen molar-refractivity contribution in [1.29, 1.82) is 0 Å². The fraction of sp³-hybridized carbons (Fsp3) is 0.417. The first-order valence-corrected chi connectivity index (χ1v) is 11.9. The van der Waals surface area contributed by atoms with E-state index in [1.54, 1.807) is 23.9 Å². The summed E-state index contributed by atoms with van der Waals surface area (Å²) in [6.07, 6.45) is 0. The monoisotopic (exact) mass is 456 g/mol. The summed E-state index contributed by atoms with van der Waals surface area (Å²) in [6.45, 7) is 9.76. The lowest BCUT2D eigenvalue weighted by Crippen LogP contribution is -2.38. The van der Waals surface area contributed by atoms with Crippen LogP contribution in [0.4, 0.5) is 4.39 Å². The number of ether oxygens (including phenoxy) is 2. The fourth-order valence-corrected chi connectivity index (χ4v) is 4.56. The van der Waals surface area contributed by atoms with Gasteiger partial charge in [0.05, 0.1) is 19.8 Å². The van der Waals surface area contributed by atoms with Crippen LogP contribution in [0.2, 0.25) is 0 Å². The number of para-hydroxylation sites is 1. The smallest absolute Gasteiger partial charge is 0.191 e. The lowest BCUT2D eigenvalue weighted by Gasteiger charge is -2.27. The maximum atomic E-state index is 13.4. The van der Waals surface area contributed by atoms with Crippen LogP contribution < -0.4 is 4.74 Å². The third-order valence-corrected chi connectivity index (χ3v) is 6.46. The molecular formula is C24H29FN4O2S. The molecule has 1 aromatic heterocycles. The maximum absolute atomic E-state index is 13.4. The molecule has 1 aliphatic rings. The number of aromatic nitrogens is 3. The third-order valence-electron chi connectivity index (χ3n) is 5.53. The Balaban J connectivity index is 1.44. The average molecular weight is 457 g/mol. The van der Waals surface area contributed by atoms with Crippen molar-refractivity contribution in [1.82, 2.24) is 19.7 Å². The molecule has 2 aromatic carbocycles. The minimum absolute atomic E-state index is 0.258. The van der Waals surface area contributed by atoms with Crippen molar-refractivity contribution in [2.24, 2.45) is 0 Å². The summed E-state index contributed by atoms with van der Waals surface area (Å²) < 4.78 is 27.1. The van der Waals surface area contributed by atoms with Crippen LogP contribution in [0.3, 0.4) is 0 Å². The zero-order valence-electron chi connectivity index (χ0n) is 18.6. The van der Waals surface area contributed by atoms with Gasteiger partial charge in [0.2, 0.25) is 0 Å². The molecule has 1 saturated heterocycles. The predicted molar refractivity (Wildman–Crippen MR) is 125 cm³/mol. The van der Waals surface area contributed by atoms with Crippen molar-refractivity contribution >= 4 is 11.8 Å². The summed E-state index contributed by atoms with van der Waals surface area (Å²) in [7, 11) is 0. The Labute approximate surface area is 192 Å². The SMILES string of the molecule is Cc1cccc(C)c1OCCSc1nnc(-c2ccc(F)cc2)n1CCN1CCOCC1. The van der Waals surface area contributed by atoms with Crippen LogP contribution >= 0.6 is 11.8 Å². The first-order chi connectivity index (χ1) is 15.6. The molecule has 4 rings (SSSR count). The molecule has 0 unspecified atom stereocenters. The van der Waals surface area contributed by atoms with Gasteiger partial charge in [-0.25, -0.2) is 4.39 Å². The molecule has 170 valence electrons. The van der Waals surface area contributed by atoms with E-state index in [9.17, 15) is 4.39 Å². The van der Waals surface area contributed by atoms with Gasteiger partial charge in [-0.15, -0.1) is 10.2 Å². The number of nitrogens with zero attached hydrogens (tertiary/aromatic N) is 4. The first kappa shape index (κ1) is 22.8. The highest BCUT2D eigenvalue weighted by atomic mass is 32.2. The zero-order chi connectivity index (χ0) is 22.3. The number of hydrogen-bond donors (Lipinski definition) is 0. The second-order valence-electron chi connectivity index (χ2n) is 7.84. The van der Waals surface area contributed by atoms with Gasteiger partial charge in [0, 0.05) is 37.5 Å². The highest BCUT2D eigenvalue weighted by Gasteiger charge is 2.17. The van der Waals surface area contributed by atoms with Crippen LogP contribution in [0.15, 0.2) is 47.6 Å². The van der Waals surface area contributed by atoms with Crippen LogP contribution in [0.25, 0.3) is 11.4 Å². The largest absolute Gasteiger partial charge is 0.492 e. The molecule has 0 saturated carbocycles. The molecule has 0 atom stereocenters. The molecule has 8 heteroatoms. The van der Waals surface area contributed by atoms with Gasteiger partial charge < -0.3 is 14.0 Å². The first-order valence-electron chi connectivity index (χ1n) is 10.9. The van der Waals surface area contributed by atoms with Crippen LogP contribution in [-0.2, 0) is 11.3 Å². The minimum atomic E-state index is -0.258. The van der Waals surface area contributed by atoms with Crippen LogP contribution in [-0.4, -0.2) is 64.9 Å². The lowest BCUT2D eigenvalue weighted by molar-refractivity contribution is 0.0361. The van der Waals surface area contributed by atoms with Gasteiger partial charge in [-0.05, 0) is 49.2 Å². The second-order valence-corrected chi connectivity index (χ2v) is 8.90. The Morgan fingerprint density at radius 1 is 1.00 bits per heavy atom. The summed E-state index contributed by atoms with van der Waals surface area (Å²) >= 11 is 1.63. The summed E-state index contributed by atoms with van der Waals surface area (Å²) in [6, 6.07) is 12.6. The van der Waals surface area contributed by atoms with Crippen molar-refractivity contribution in [3.8, 4) is 17.1 Å². The average Bonchev–Trinajstić information content (AvgIpc) is 3.20. The number of rotatable bonds is 9. The topological polar surface area (TPSA) is 52.4 Å². The fourth-order valence-electron chi connectivity index (χ4n) is 3.78. The summed E-state index contributed by atoms with van der Waals surface area (Å²) in [4.78, 5) is 2.39. The number of hydrogen-bond acceptors (Lipinski definition) is 6. The molecule has 2 heterocycles. The number of aryl methyl sites for hydroxylation is 2. The van der Waals surface area contributed by atoms with Gasteiger partial charge in [-0.3, -0.25) is 4.90 Å². The van der Waals surface area contributed by atoms with E-state index in [0.29, 0.717) is 6.61 Å². The second kappa shape index (κ2) is 10.9. The van der Waals surface area contributed by atoms with E-state index in [1.807, 2.05) is 6.07 Å². The molecule has 6 nitrogen and oxygen atoms in total. The van der Waals surface area contributed by atoms with Gasteiger partial charge in [0.25, 0.3) is 0 Å². The number of benzene rings is 2. The van der Waals surface area contributed by atoms with E-state index in [0.717, 1.165) is 78.6 Å².